The number of nitrogens with zero attached hydrogens (tertiary/aromatic N) is 1. The van der Waals surface area contributed by atoms with E-state index in [1.807, 2.05) is 6.07 Å². The van der Waals surface area contributed by atoms with Crippen molar-refractivity contribution in [3.63, 3.8) is 0 Å². The summed E-state index contributed by atoms with van der Waals surface area (Å²) in [5.41, 5.74) is 6.47. The highest BCUT2D eigenvalue weighted by Crippen LogP contribution is 2.32. The average Bonchev–Trinajstić information content (AvgIpc) is 2.85. The van der Waals surface area contributed by atoms with E-state index in [1.165, 1.54) is 18.7 Å². The van der Waals surface area contributed by atoms with Crippen LogP contribution < -0.4 is 5.73 Å². The maximum atomic E-state index is 12.5. The fraction of sp³-hybridized carbons (Fsp3) is 0.556. The normalized spacial score (nSPS) is 22.8. The van der Waals surface area contributed by atoms with E-state index < -0.39 is 72.3 Å². The van der Waals surface area contributed by atoms with Crippen molar-refractivity contribution >= 4 is 35.7 Å². The molecule has 0 aliphatic carbocycles. The molecule has 1 heterocycles. The molecule has 2 N–H and O–H groups in total. The number of rotatable bonds is 12. The third-order valence-corrected chi connectivity index (χ3v) is 6.12. The topological polar surface area (TPSA) is 178 Å². The van der Waals surface area contributed by atoms with E-state index in [1.54, 1.807) is 24.3 Å². The molecule has 13 heteroatoms. The van der Waals surface area contributed by atoms with Crippen LogP contribution in [0.3, 0.4) is 0 Å². The van der Waals surface area contributed by atoms with Crippen molar-refractivity contribution < 1.29 is 52.5 Å². The summed E-state index contributed by atoms with van der Waals surface area (Å²) in [5, 5.41) is 0. The minimum Gasteiger partial charge on any atom is -0.463 e. The first-order valence-corrected chi connectivity index (χ1v) is 12.7. The first kappa shape index (κ1) is 32.2. The Morgan fingerprint density at radius 1 is 0.800 bits per heavy atom. The van der Waals surface area contributed by atoms with Gasteiger partial charge in [-0.3, -0.25) is 28.8 Å². The lowest BCUT2D eigenvalue weighted by Gasteiger charge is -2.45. The van der Waals surface area contributed by atoms with Crippen LogP contribution in [0.1, 0.15) is 53.0 Å². The summed E-state index contributed by atoms with van der Waals surface area (Å²) in [4.78, 5) is 73.8. The van der Waals surface area contributed by atoms with Crippen LogP contribution in [-0.4, -0.2) is 83.8 Å². The predicted octanol–water partition coefficient (Wildman–Crippen LogP) is 0.795. The maximum Gasteiger partial charge on any atom is 0.303 e. The molecule has 40 heavy (non-hydrogen) atoms. The van der Waals surface area contributed by atoms with Crippen molar-refractivity contribution in [2.45, 2.75) is 90.6 Å². The highest BCUT2D eigenvalue weighted by Gasteiger charge is 2.52. The summed E-state index contributed by atoms with van der Waals surface area (Å²) in [7, 11) is 0. The van der Waals surface area contributed by atoms with Crippen LogP contribution in [0.25, 0.3) is 0 Å². The van der Waals surface area contributed by atoms with Crippen molar-refractivity contribution in [2.24, 2.45) is 5.73 Å². The van der Waals surface area contributed by atoms with Gasteiger partial charge in [-0.15, -0.1) is 0 Å². The Morgan fingerprint density at radius 3 is 1.80 bits per heavy atom. The van der Waals surface area contributed by atoms with Gasteiger partial charge in [-0.25, -0.2) is 0 Å². The number of ether oxygens (including phenoxy) is 5. The van der Waals surface area contributed by atoms with E-state index in [0.29, 0.717) is 0 Å². The molecule has 13 nitrogen and oxygen atoms in total. The lowest BCUT2D eigenvalue weighted by molar-refractivity contribution is -0.253. The number of hydrogen-bond acceptors (Lipinski definition) is 11. The molecule has 1 saturated heterocycles. The van der Waals surface area contributed by atoms with Gasteiger partial charge in [0.15, 0.2) is 18.3 Å². The van der Waals surface area contributed by atoms with Gasteiger partial charge in [0, 0.05) is 41.2 Å². The monoisotopic (exact) mass is 564 g/mol. The largest absolute Gasteiger partial charge is 0.463 e. The zero-order valence-electron chi connectivity index (χ0n) is 23.2. The van der Waals surface area contributed by atoms with Crippen molar-refractivity contribution in [1.82, 2.24) is 4.90 Å². The number of esters is 4. The van der Waals surface area contributed by atoms with E-state index in [2.05, 4.69) is 0 Å². The van der Waals surface area contributed by atoms with Crippen LogP contribution in [-0.2, 0) is 59.0 Å². The molecule has 1 aromatic rings. The molecule has 0 aromatic heterocycles. The molecule has 0 unspecified atom stereocenters. The van der Waals surface area contributed by atoms with Gasteiger partial charge < -0.3 is 34.3 Å². The quantitative estimate of drug-likeness (QED) is 0.280. The number of nitrogens with two attached hydrogens (primary N) is 1. The first-order valence-electron chi connectivity index (χ1n) is 12.7. The van der Waals surface area contributed by atoms with Crippen LogP contribution in [0, 0.1) is 0 Å². The minimum absolute atomic E-state index is 0.00868. The SMILES string of the molecule is CC(=O)OC[C@H]1O[C@H](CC[C@@H](C(N)=O)N(Cc2ccccc2)C(C)=O)[C@H](OC(C)=O)[C@@H](OC(C)=O)[C@@H]1OC(C)=O. The molecule has 0 spiro atoms. The molecule has 220 valence electrons. The minimum atomic E-state index is -1.33. The summed E-state index contributed by atoms with van der Waals surface area (Å²) >= 11 is 0. The smallest absolute Gasteiger partial charge is 0.303 e. The molecule has 1 aliphatic rings. The van der Waals surface area contributed by atoms with Crippen molar-refractivity contribution in [3.05, 3.63) is 35.9 Å². The molecular formula is C27H36N2O11. The van der Waals surface area contributed by atoms with Gasteiger partial charge in [-0.05, 0) is 18.4 Å². The Bertz CT molecular complexity index is 1080. The highest BCUT2D eigenvalue weighted by molar-refractivity contribution is 5.85. The summed E-state index contributed by atoms with van der Waals surface area (Å²) in [6.45, 7) is 5.61. The summed E-state index contributed by atoms with van der Waals surface area (Å²) < 4.78 is 27.4. The van der Waals surface area contributed by atoms with Gasteiger partial charge in [-0.1, -0.05) is 30.3 Å². The van der Waals surface area contributed by atoms with Gasteiger partial charge in [0.1, 0.15) is 18.8 Å². The first-order chi connectivity index (χ1) is 18.8. The number of primary amides is 1. The van der Waals surface area contributed by atoms with Crippen LogP contribution in [0.4, 0.5) is 0 Å². The molecule has 1 aromatic carbocycles. The second-order valence-corrected chi connectivity index (χ2v) is 9.37. The maximum absolute atomic E-state index is 12.5. The van der Waals surface area contributed by atoms with Crippen molar-refractivity contribution in [3.8, 4) is 0 Å². The molecular weight excluding hydrogens is 528 g/mol. The molecule has 2 rings (SSSR count). The van der Waals surface area contributed by atoms with E-state index in [0.717, 1.165) is 26.3 Å². The predicted molar refractivity (Wildman–Crippen MR) is 137 cm³/mol. The number of benzene rings is 1. The molecule has 0 saturated carbocycles. The Hall–Kier alpha value is -4.00. The van der Waals surface area contributed by atoms with Crippen LogP contribution in [0.15, 0.2) is 30.3 Å². The lowest BCUT2D eigenvalue weighted by atomic mass is 9.90. The standard InChI is InChI=1S/C27H36N2O11/c1-15(30)29(13-20-9-7-6-8-10-20)21(27(28)35)11-12-22-24(37-17(3)32)26(39-19(5)34)25(38-18(4)33)23(40-22)14-36-16(2)31/h6-10,21-26H,11-14H2,1-5H3,(H2,28,35)/t21-,22+,23+,24-,25+,26+/m0/s1. The Morgan fingerprint density at radius 2 is 1.32 bits per heavy atom. The molecule has 1 fully saturated rings. The third-order valence-electron chi connectivity index (χ3n) is 6.12. The van der Waals surface area contributed by atoms with Crippen LogP contribution in [0.2, 0.25) is 0 Å². The van der Waals surface area contributed by atoms with E-state index >= 15 is 0 Å². The van der Waals surface area contributed by atoms with E-state index in [9.17, 15) is 28.8 Å². The zero-order valence-corrected chi connectivity index (χ0v) is 23.2. The lowest BCUT2D eigenvalue weighted by Crippen LogP contribution is -2.62. The molecule has 1 aliphatic heterocycles. The van der Waals surface area contributed by atoms with Gasteiger partial charge in [0.2, 0.25) is 11.8 Å². The molecule has 2 amide bonds. The fourth-order valence-electron chi connectivity index (χ4n) is 4.55. The average molecular weight is 565 g/mol. The molecule has 0 bridgehead atoms. The van der Waals surface area contributed by atoms with Gasteiger partial charge >= 0.3 is 23.9 Å². The second-order valence-electron chi connectivity index (χ2n) is 9.37. The Kier molecular flexibility index (Phi) is 12.1. The number of carbonyl (C=O) groups is 6. The number of hydrogen-bond donors (Lipinski definition) is 1. The number of carbonyl (C=O) groups excluding carboxylic acids is 6. The third kappa shape index (κ3) is 9.63. The summed E-state index contributed by atoms with van der Waals surface area (Å²) in [5.74, 6) is -4.04. The van der Waals surface area contributed by atoms with Gasteiger partial charge in [0.25, 0.3) is 0 Å². The Balaban J connectivity index is 2.42. The summed E-state index contributed by atoms with van der Waals surface area (Å²) in [6, 6.07) is 7.94. The van der Waals surface area contributed by atoms with Crippen molar-refractivity contribution in [2.75, 3.05) is 6.61 Å². The van der Waals surface area contributed by atoms with Crippen LogP contribution >= 0.6 is 0 Å². The number of amides is 2. The van der Waals surface area contributed by atoms with E-state index in [-0.39, 0.29) is 26.0 Å². The summed E-state index contributed by atoms with van der Waals surface area (Å²) in [6.07, 6.45) is -6.07. The van der Waals surface area contributed by atoms with Crippen LogP contribution in [0.5, 0.6) is 0 Å². The molecule has 6 atom stereocenters. The van der Waals surface area contributed by atoms with Gasteiger partial charge in [0.05, 0.1) is 6.10 Å². The zero-order chi connectivity index (χ0) is 30.0. The second kappa shape index (κ2) is 15.0. The van der Waals surface area contributed by atoms with Crippen molar-refractivity contribution in [1.29, 1.82) is 0 Å². The van der Waals surface area contributed by atoms with E-state index in [4.69, 9.17) is 29.4 Å². The Labute approximate surface area is 232 Å². The fourth-order valence-corrected chi connectivity index (χ4v) is 4.55. The molecule has 0 radical (unpaired) electrons. The van der Waals surface area contributed by atoms with Gasteiger partial charge in [-0.2, -0.15) is 0 Å². The highest BCUT2D eigenvalue weighted by atomic mass is 16.7.